The third-order valence-electron chi connectivity index (χ3n) is 2.21. The van der Waals surface area contributed by atoms with Gasteiger partial charge in [-0.3, -0.25) is 4.79 Å². The molecular formula is C12H9NO3. The van der Waals surface area contributed by atoms with E-state index in [4.69, 9.17) is 4.74 Å². The molecule has 2 rings (SSSR count). The molecule has 0 atom stereocenters. The Morgan fingerprint density at radius 2 is 2.06 bits per heavy atom. The van der Waals surface area contributed by atoms with Gasteiger partial charge in [0.15, 0.2) is 0 Å². The molecule has 0 aromatic heterocycles. The van der Waals surface area contributed by atoms with Gasteiger partial charge in [0.05, 0.1) is 0 Å². The first-order chi connectivity index (χ1) is 7.74. The van der Waals surface area contributed by atoms with Gasteiger partial charge in [-0.15, -0.1) is 5.73 Å². The molecule has 1 fully saturated rings. The molecule has 0 unspecified atom stereocenters. The lowest BCUT2D eigenvalue weighted by Gasteiger charge is -2.10. The van der Waals surface area contributed by atoms with E-state index in [0.29, 0.717) is 11.3 Å². The van der Waals surface area contributed by atoms with Crippen molar-refractivity contribution < 1.29 is 14.3 Å². The van der Waals surface area contributed by atoms with Crippen molar-refractivity contribution in [3.8, 4) is 0 Å². The Morgan fingerprint density at radius 1 is 1.38 bits per heavy atom. The summed E-state index contributed by atoms with van der Waals surface area (Å²) in [6, 6.07) is 8.52. The fourth-order valence-corrected chi connectivity index (χ4v) is 1.41. The minimum atomic E-state index is -0.681. The van der Waals surface area contributed by atoms with Crippen molar-refractivity contribution in [2.45, 2.75) is 0 Å². The van der Waals surface area contributed by atoms with Gasteiger partial charge in [-0.25, -0.2) is 9.69 Å². The number of hydrogen-bond acceptors (Lipinski definition) is 3. The molecule has 4 heteroatoms. The summed E-state index contributed by atoms with van der Waals surface area (Å²) in [6.07, 6.45) is -0.681. The van der Waals surface area contributed by atoms with Gasteiger partial charge in [0, 0.05) is 5.56 Å². The lowest BCUT2D eigenvalue weighted by molar-refractivity contribution is 0.0830. The van der Waals surface area contributed by atoms with E-state index in [9.17, 15) is 9.59 Å². The number of benzene rings is 1. The average Bonchev–Trinajstić information content (AvgIpc) is 2.70. The van der Waals surface area contributed by atoms with Crippen molar-refractivity contribution in [3.05, 3.63) is 53.9 Å². The van der Waals surface area contributed by atoms with E-state index in [0.717, 1.165) is 4.90 Å². The van der Waals surface area contributed by atoms with Gasteiger partial charge in [0.2, 0.25) is 0 Å². The van der Waals surface area contributed by atoms with Crippen LogP contribution >= 0.6 is 0 Å². The van der Waals surface area contributed by atoms with Gasteiger partial charge in [-0.05, 0) is 12.1 Å². The molecule has 1 heterocycles. The van der Waals surface area contributed by atoms with Gasteiger partial charge >= 0.3 is 6.09 Å². The van der Waals surface area contributed by atoms with E-state index in [1.165, 1.54) is 0 Å². The molecule has 1 saturated heterocycles. The number of ether oxygens (including phenoxy) is 1. The number of amides is 2. The van der Waals surface area contributed by atoms with Crippen LogP contribution in [0.4, 0.5) is 4.79 Å². The van der Waals surface area contributed by atoms with Gasteiger partial charge in [0.25, 0.3) is 5.91 Å². The van der Waals surface area contributed by atoms with Gasteiger partial charge in [-0.2, -0.15) is 0 Å². The Balaban J connectivity index is 2.35. The van der Waals surface area contributed by atoms with Crippen molar-refractivity contribution in [3.63, 3.8) is 0 Å². The maximum absolute atomic E-state index is 12.0. The van der Waals surface area contributed by atoms with Crippen molar-refractivity contribution in [2.75, 3.05) is 6.61 Å². The van der Waals surface area contributed by atoms with E-state index in [1.807, 2.05) is 0 Å². The smallest absolute Gasteiger partial charge is 0.422 e. The molecule has 80 valence electrons. The first-order valence-corrected chi connectivity index (χ1v) is 4.69. The quantitative estimate of drug-likeness (QED) is 0.672. The Bertz CT molecular complexity index is 486. The zero-order valence-electron chi connectivity index (χ0n) is 8.47. The Hall–Kier alpha value is -2.32. The second-order valence-corrected chi connectivity index (χ2v) is 3.18. The highest BCUT2D eigenvalue weighted by atomic mass is 16.6. The summed E-state index contributed by atoms with van der Waals surface area (Å²) in [5, 5.41) is 0. The van der Waals surface area contributed by atoms with Crippen molar-refractivity contribution in [1.82, 2.24) is 4.90 Å². The molecular weight excluding hydrogens is 206 g/mol. The van der Waals surface area contributed by atoms with E-state index >= 15 is 0 Å². The Morgan fingerprint density at radius 3 is 2.69 bits per heavy atom. The van der Waals surface area contributed by atoms with Crippen LogP contribution in [0.2, 0.25) is 0 Å². The lowest BCUT2D eigenvalue weighted by Crippen LogP contribution is -2.30. The normalized spacial score (nSPS) is 14.6. The molecule has 0 saturated carbocycles. The third-order valence-corrected chi connectivity index (χ3v) is 2.21. The summed E-state index contributed by atoms with van der Waals surface area (Å²) < 4.78 is 4.74. The van der Waals surface area contributed by atoms with Crippen molar-refractivity contribution in [1.29, 1.82) is 0 Å². The number of rotatable bonds is 1. The fraction of sp³-hybridized carbons (Fsp3) is 0.0833. The second kappa shape index (κ2) is 4.04. The summed E-state index contributed by atoms with van der Waals surface area (Å²) in [5.41, 5.74) is 3.29. The Labute approximate surface area is 92.4 Å². The molecule has 0 aliphatic carbocycles. The summed E-state index contributed by atoms with van der Waals surface area (Å²) >= 11 is 0. The minimum absolute atomic E-state index is 0.0426. The van der Waals surface area contributed by atoms with E-state index < -0.39 is 12.0 Å². The predicted molar refractivity (Wildman–Crippen MR) is 56.6 cm³/mol. The van der Waals surface area contributed by atoms with Crippen LogP contribution in [-0.4, -0.2) is 23.5 Å². The summed E-state index contributed by atoms with van der Waals surface area (Å²) in [7, 11) is 0. The standard InChI is InChI=1S/C12H9NO3/c1-2-10-8-16-12(15)13(10)11(14)9-6-4-3-5-7-9/h3-7H,1,8H2. The number of carbonyl (C=O) groups excluding carboxylic acids is 2. The SMILES string of the molecule is C=C=C1COC(=O)N1C(=O)c1ccccc1. The molecule has 0 spiro atoms. The first-order valence-electron chi connectivity index (χ1n) is 4.69. The lowest BCUT2D eigenvalue weighted by atomic mass is 10.2. The molecule has 0 N–H and O–H groups in total. The Kier molecular flexibility index (Phi) is 2.58. The fourth-order valence-electron chi connectivity index (χ4n) is 1.41. The van der Waals surface area contributed by atoms with Crippen LogP contribution in [0.5, 0.6) is 0 Å². The molecule has 4 nitrogen and oxygen atoms in total. The average molecular weight is 215 g/mol. The van der Waals surface area contributed by atoms with Crippen LogP contribution in [0, 0.1) is 0 Å². The van der Waals surface area contributed by atoms with Crippen LogP contribution in [0.15, 0.2) is 48.3 Å². The second-order valence-electron chi connectivity index (χ2n) is 3.18. The number of hydrogen-bond donors (Lipinski definition) is 0. The number of cyclic esters (lactones) is 1. The van der Waals surface area contributed by atoms with Crippen LogP contribution in [-0.2, 0) is 4.74 Å². The van der Waals surface area contributed by atoms with E-state index in [-0.39, 0.29) is 6.61 Å². The zero-order chi connectivity index (χ0) is 11.5. The van der Waals surface area contributed by atoms with Crippen LogP contribution in [0.1, 0.15) is 10.4 Å². The van der Waals surface area contributed by atoms with Gasteiger partial charge in [-0.1, -0.05) is 24.8 Å². The molecule has 16 heavy (non-hydrogen) atoms. The summed E-state index contributed by atoms with van der Waals surface area (Å²) in [4.78, 5) is 24.3. The van der Waals surface area contributed by atoms with E-state index in [2.05, 4.69) is 12.3 Å². The topological polar surface area (TPSA) is 46.6 Å². The minimum Gasteiger partial charge on any atom is -0.442 e. The van der Waals surface area contributed by atoms with Crippen LogP contribution in [0.25, 0.3) is 0 Å². The highest BCUT2D eigenvalue weighted by molar-refractivity contribution is 6.05. The van der Waals surface area contributed by atoms with Crippen molar-refractivity contribution in [2.24, 2.45) is 0 Å². The largest absolute Gasteiger partial charge is 0.442 e. The van der Waals surface area contributed by atoms with Crippen molar-refractivity contribution >= 4 is 12.0 Å². The van der Waals surface area contributed by atoms with E-state index in [1.54, 1.807) is 30.3 Å². The summed E-state index contributed by atoms with van der Waals surface area (Å²) in [6.45, 7) is 3.46. The number of carbonyl (C=O) groups is 2. The van der Waals surface area contributed by atoms with Crippen LogP contribution in [0.3, 0.4) is 0 Å². The highest BCUT2D eigenvalue weighted by Crippen LogP contribution is 2.18. The molecule has 1 aromatic rings. The highest BCUT2D eigenvalue weighted by Gasteiger charge is 2.33. The predicted octanol–water partition coefficient (Wildman–Crippen LogP) is 1.95. The molecule has 0 bridgehead atoms. The first kappa shape index (κ1) is 10.2. The molecule has 0 radical (unpaired) electrons. The molecule has 1 aromatic carbocycles. The zero-order valence-corrected chi connectivity index (χ0v) is 8.47. The molecule has 1 aliphatic rings. The third kappa shape index (κ3) is 1.62. The van der Waals surface area contributed by atoms with Gasteiger partial charge in [0.1, 0.15) is 12.3 Å². The maximum Gasteiger partial charge on any atom is 0.422 e. The monoisotopic (exact) mass is 215 g/mol. The molecule has 1 aliphatic heterocycles. The summed E-state index contributed by atoms with van der Waals surface area (Å²) in [5.74, 6) is -0.422. The number of imide groups is 1. The van der Waals surface area contributed by atoms with Crippen LogP contribution < -0.4 is 0 Å². The van der Waals surface area contributed by atoms with Gasteiger partial charge < -0.3 is 4.74 Å². The molecule has 2 amide bonds. The maximum atomic E-state index is 12.0. The number of nitrogens with zero attached hydrogens (tertiary/aromatic N) is 1.